The van der Waals surface area contributed by atoms with Crippen molar-refractivity contribution >= 4 is 16.8 Å². The van der Waals surface area contributed by atoms with Crippen molar-refractivity contribution in [3.8, 4) is 17.1 Å². The molecule has 0 aliphatic heterocycles. The second kappa shape index (κ2) is 6.76. The topological polar surface area (TPSA) is 87.2 Å². The van der Waals surface area contributed by atoms with Crippen molar-refractivity contribution < 1.29 is 9.53 Å². The van der Waals surface area contributed by atoms with E-state index < -0.39 is 5.91 Å². The highest BCUT2D eigenvalue weighted by Crippen LogP contribution is 2.25. The highest BCUT2D eigenvalue weighted by Gasteiger charge is 2.15. The molecule has 0 bridgehead atoms. The lowest BCUT2D eigenvalue weighted by Crippen LogP contribution is -2.25. The second-order valence-electron chi connectivity index (χ2n) is 6.00. The Bertz CT molecular complexity index is 993. The summed E-state index contributed by atoms with van der Waals surface area (Å²) in [5.41, 5.74) is 6.41. The van der Waals surface area contributed by atoms with Gasteiger partial charge < -0.3 is 10.5 Å². The molecule has 2 N–H and O–H groups in total. The summed E-state index contributed by atoms with van der Waals surface area (Å²) in [6.45, 7) is 3.68. The molecule has 2 aromatic carbocycles. The molecule has 0 atom stereocenters. The molecule has 0 saturated heterocycles. The lowest BCUT2D eigenvalue weighted by atomic mass is 10.1. The number of primary amides is 1. The van der Waals surface area contributed by atoms with Crippen LogP contribution in [0.3, 0.4) is 0 Å². The van der Waals surface area contributed by atoms with E-state index in [9.17, 15) is 9.59 Å². The Morgan fingerprint density at radius 3 is 2.68 bits per heavy atom. The molecule has 6 nitrogen and oxygen atoms in total. The summed E-state index contributed by atoms with van der Waals surface area (Å²) >= 11 is 0. The summed E-state index contributed by atoms with van der Waals surface area (Å²) in [6, 6.07) is 14.3. The molecule has 3 aromatic rings. The van der Waals surface area contributed by atoms with Crippen molar-refractivity contribution in [1.29, 1.82) is 0 Å². The van der Waals surface area contributed by atoms with Gasteiger partial charge in [-0.25, -0.2) is 4.98 Å². The fraction of sp³-hybridized carbons (Fsp3) is 0.211. The lowest BCUT2D eigenvalue weighted by molar-refractivity contribution is -0.119. The SMILES string of the molecule is CC(C)n1c(-c2cccc(OCC(N)=O)c2)nc2ccccc2c1=O. The largest absolute Gasteiger partial charge is 0.484 e. The van der Waals surface area contributed by atoms with Gasteiger partial charge in [0.2, 0.25) is 0 Å². The lowest BCUT2D eigenvalue weighted by Gasteiger charge is -2.17. The minimum Gasteiger partial charge on any atom is -0.484 e. The molecule has 1 aromatic heterocycles. The van der Waals surface area contributed by atoms with Crippen LogP contribution in [0.1, 0.15) is 19.9 Å². The average molecular weight is 337 g/mol. The summed E-state index contributed by atoms with van der Waals surface area (Å²) in [4.78, 5) is 28.5. The summed E-state index contributed by atoms with van der Waals surface area (Å²) in [5.74, 6) is 0.505. The molecule has 0 aliphatic carbocycles. The van der Waals surface area contributed by atoms with Crippen LogP contribution in [-0.2, 0) is 4.79 Å². The minimum absolute atomic E-state index is 0.0604. The first kappa shape index (κ1) is 16.7. The number of nitrogens with two attached hydrogens (primary N) is 1. The van der Waals surface area contributed by atoms with Gasteiger partial charge >= 0.3 is 0 Å². The van der Waals surface area contributed by atoms with Crippen LogP contribution in [0.2, 0.25) is 0 Å². The Balaban J connectivity index is 2.18. The molecule has 1 heterocycles. The molecule has 0 aliphatic rings. The van der Waals surface area contributed by atoms with Gasteiger partial charge in [-0.1, -0.05) is 24.3 Å². The fourth-order valence-corrected chi connectivity index (χ4v) is 2.71. The molecular formula is C19H19N3O3. The molecule has 1 amide bonds. The van der Waals surface area contributed by atoms with Gasteiger partial charge in [0, 0.05) is 11.6 Å². The standard InChI is InChI=1S/C19H19N3O3/c1-12(2)22-18(21-16-9-4-3-8-15(16)19(22)24)13-6-5-7-14(10-13)25-11-17(20)23/h3-10,12H,11H2,1-2H3,(H2,20,23). The Morgan fingerprint density at radius 2 is 1.96 bits per heavy atom. The average Bonchev–Trinajstić information content (AvgIpc) is 2.59. The smallest absolute Gasteiger partial charge is 0.261 e. The van der Waals surface area contributed by atoms with Crippen LogP contribution in [0, 0.1) is 0 Å². The maximum absolute atomic E-state index is 12.9. The number of fused-ring (bicyclic) bond motifs is 1. The van der Waals surface area contributed by atoms with E-state index in [1.54, 1.807) is 28.8 Å². The molecule has 3 rings (SSSR count). The molecular weight excluding hydrogens is 318 g/mol. The van der Waals surface area contributed by atoms with Gasteiger partial charge in [-0.3, -0.25) is 14.2 Å². The third kappa shape index (κ3) is 3.38. The van der Waals surface area contributed by atoms with Gasteiger partial charge in [-0.2, -0.15) is 0 Å². The number of benzene rings is 2. The van der Waals surface area contributed by atoms with E-state index in [4.69, 9.17) is 10.5 Å². The van der Waals surface area contributed by atoms with Crippen molar-refractivity contribution in [2.75, 3.05) is 6.61 Å². The third-order valence-corrected chi connectivity index (χ3v) is 3.80. The van der Waals surface area contributed by atoms with Crippen molar-refractivity contribution in [3.05, 3.63) is 58.9 Å². The predicted octanol–water partition coefficient (Wildman–Crippen LogP) is 2.51. The van der Waals surface area contributed by atoms with E-state index in [0.717, 1.165) is 5.56 Å². The highest BCUT2D eigenvalue weighted by molar-refractivity contribution is 5.80. The minimum atomic E-state index is -0.548. The molecule has 0 radical (unpaired) electrons. The number of hydrogen-bond acceptors (Lipinski definition) is 4. The summed E-state index contributed by atoms with van der Waals surface area (Å²) in [6.07, 6.45) is 0. The first-order chi connectivity index (χ1) is 12.0. The van der Waals surface area contributed by atoms with Crippen LogP contribution in [0.25, 0.3) is 22.3 Å². The number of carbonyl (C=O) groups is 1. The summed E-state index contributed by atoms with van der Waals surface area (Å²) in [5, 5.41) is 0.584. The van der Waals surface area contributed by atoms with Crippen molar-refractivity contribution in [3.63, 3.8) is 0 Å². The number of para-hydroxylation sites is 1. The molecule has 6 heteroatoms. The van der Waals surface area contributed by atoms with Crippen molar-refractivity contribution in [2.24, 2.45) is 5.73 Å². The summed E-state index contributed by atoms with van der Waals surface area (Å²) in [7, 11) is 0. The number of nitrogens with zero attached hydrogens (tertiary/aromatic N) is 2. The van der Waals surface area contributed by atoms with Gasteiger partial charge in [0.1, 0.15) is 11.6 Å². The third-order valence-electron chi connectivity index (χ3n) is 3.80. The van der Waals surface area contributed by atoms with E-state index in [1.807, 2.05) is 38.1 Å². The van der Waals surface area contributed by atoms with E-state index >= 15 is 0 Å². The zero-order valence-electron chi connectivity index (χ0n) is 14.1. The predicted molar refractivity (Wildman–Crippen MR) is 96.5 cm³/mol. The first-order valence-electron chi connectivity index (χ1n) is 8.00. The molecule has 0 fully saturated rings. The Hall–Kier alpha value is -3.15. The van der Waals surface area contributed by atoms with Crippen LogP contribution in [-0.4, -0.2) is 22.1 Å². The quantitative estimate of drug-likeness (QED) is 0.775. The zero-order chi connectivity index (χ0) is 18.0. The van der Waals surface area contributed by atoms with Crippen LogP contribution in [0.4, 0.5) is 0 Å². The maximum Gasteiger partial charge on any atom is 0.261 e. The number of rotatable bonds is 5. The fourth-order valence-electron chi connectivity index (χ4n) is 2.71. The van der Waals surface area contributed by atoms with Gasteiger partial charge in [-0.05, 0) is 38.1 Å². The van der Waals surface area contributed by atoms with Crippen LogP contribution in [0.5, 0.6) is 5.75 Å². The number of hydrogen-bond donors (Lipinski definition) is 1. The zero-order valence-corrected chi connectivity index (χ0v) is 14.1. The Kier molecular flexibility index (Phi) is 4.52. The molecule has 0 unspecified atom stereocenters. The Morgan fingerprint density at radius 1 is 1.20 bits per heavy atom. The molecule has 128 valence electrons. The molecule has 0 saturated carbocycles. The van der Waals surface area contributed by atoms with Crippen molar-refractivity contribution in [2.45, 2.75) is 19.9 Å². The monoisotopic (exact) mass is 337 g/mol. The van der Waals surface area contributed by atoms with Gasteiger partial charge in [0.25, 0.3) is 11.5 Å². The van der Waals surface area contributed by atoms with E-state index in [0.29, 0.717) is 22.5 Å². The second-order valence-corrected chi connectivity index (χ2v) is 6.00. The van der Waals surface area contributed by atoms with Crippen molar-refractivity contribution in [1.82, 2.24) is 9.55 Å². The first-order valence-corrected chi connectivity index (χ1v) is 8.00. The molecule has 25 heavy (non-hydrogen) atoms. The number of ether oxygens (including phenoxy) is 1. The van der Waals surface area contributed by atoms with Gasteiger partial charge in [-0.15, -0.1) is 0 Å². The summed E-state index contributed by atoms with van der Waals surface area (Å²) < 4.78 is 7.02. The van der Waals surface area contributed by atoms with E-state index in [1.165, 1.54) is 0 Å². The van der Waals surface area contributed by atoms with E-state index in [2.05, 4.69) is 4.98 Å². The highest BCUT2D eigenvalue weighted by atomic mass is 16.5. The van der Waals surface area contributed by atoms with E-state index in [-0.39, 0.29) is 18.2 Å². The normalized spacial score (nSPS) is 11.0. The van der Waals surface area contributed by atoms with Crippen LogP contribution < -0.4 is 16.0 Å². The maximum atomic E-state index is 12.9. The number of carbonyl (C=O) groups excluding carboxylic acids is 1. The molecule has 0 spiro atoms. The van der Waals surface area contributed by atoms with Crippen LogP contribution >= 0.6 is 0 Å². The number of amides is 1. The number of aromatic nitrogens is 2. The van der Waals surface area contributed by atoms with Crippen LogP contribution in [0.15, 0.2) is 53.3 Å². The Labute approximate surface area is 144 Å². The van der Waals surface area contributed by atoms with Gasteiger partial charge in [0.15, 0.2) is 6.61 Å². The van der Waals surface area contributed by atoms with Gasteiger partial charge in [0.05, 0.1) is 10.9 Å².